The molecule has 0 aliphatic rings. The van der Waals surface area contributed by atoms with Gasteiger partial charge in [0.05, 0.1) is 5.69 Å². The Kier molecular flexibility index (Phi) is 2.15. The minimum atomic E-state index is -0.911. The number of carboxylic acid groups (broad SMARTS) is 1. The lowest BCUT2D eigenvalue weighted by Crippen LogP contribution is -2.29. The summed E-state index contributed by atoms with van der Waals surface area (Å²) in [5, 5.41) is 13.1. The fourth-order valence-electron chi connectivity index (χ4n) is 0.976. The average molecular weight is 182 g/mol. The fourth-order valence-corrected chi connectivity index (χ4v) is 0.976. The van der Waals surface area contributed by atoms with Crippen LogP contribution >= 0.6 is 0 Å². The van der Waals surface area contributed by atoms with Crippen molar-refractivity contribution < 1.29 is 9.90 Å². The molecule has 0 bridgehead atoms. The highest BCUT2D eigenvalue weighted by atomic mass is 16.4. The van der Waals surface area contributed by atoms with Gasteiger partial charge in [0.1, 0.15) is 5.41 Å². The van der Waals surface area contributed by atoms with Crippen molar-refractivity contribution in [3.63, 3.8) is 0 Å². The van der Waals surface area contributed by atoms with E-state index in [0.717, 1.165) is 5.69 Å². The van der Waals surface area contributed by atoms with Crippen molar-refractivity contribution in [3.05, 3.63) is 17.5 Å². The molecule has 0 spiro atoms. The van der Waals surface area contributed by atoms with Gasteiger partial charge in [0.15, 0.2) is 0 Å². The highest BCUT2D eigenvalue weighted by molar-refractivity contribution is 5.79. The van der Waals surface area contributed by atoms with E-state index in [9.17, 15) is 4.79 Å². The Morgan fingerprint density at radius 1 is 1.62 bits per heavy atom. The Hall–Kier alpha value is -1.32. The van der Waals surface area contributed by atoms with Crippen LogP contribution in [-0.2, 0) is 17.3 Å². The monoisotopic (exact) mass is 182 g/mol. The lowest BCUT2D eigenvalue weighted by atomic mass is 9.89. The maximum atomic E-state index is 10.9. The third kappa shape index (κ3) is 1.56. The molecule has 1 aromatic rings. The Labute approximate surface area is 77.2 Å². The number of rotatable bonds is 2. The first kappa shape index (κ1) is 9.77. The van der Waals surface area contributed by atoms with Gasteiger partial charge in [-0.15, -0.1) is 0 Å². The van der Waals surface area contributed by atoms with Crippen LogP contribution in [0.3, 0.4) is 0 Å². The molecule has 4 nitrogen and oxygen atoms in total. The van der Waals surface area contributed by atoms with Crippen LogP contribution in [0.2, 0.25) is 0 Å². The maximum absolute atomic E-state index is 10.9. The fraction of sp³-hybridized carbons (Fsp3) is 0.556. The van der Waals surface area contributed by atoms with E-state index in [0.29, 0.717) is 5.69 Å². The summed E-state index contributed by atoms with van der Waals surface area (Å²) in [6.45, 7) is 5.20. The molecule has 4 heteroatoms. The molecule has 0 radical (unpaired) electrons. The third-order valence-electron chi connectivity index (χ3n) is 2.29. The zero-order valence-corrected chi connectivity index (χ0v) is 8.33. The molecule has 0 saturated carbocycles. The van der Waals surface area contributed by atoms with Crippen molar-refractivity contribution in [2.24, 2.45) is 7.05 Å². The molecule has 0 aliphatic heterocycles. The molecule has 13 heavy (non-hydrogen) atoms. The SMILES string of the molecule is Cc1cc(C(C)(C)C(=O)O)nn1C. The van der Waals surface area contributed by atoms with Gasteiger partial charge in [0.2, 0.25) is 0 Å². The molecule has 0 aromatic carbocycles. The second-order valence-electron chi connectivity index (χ2n) is 3.72. The first-order valence-electron chi connectivity index (χ1n) is 4.10. The summed E-state index contributed by atoms with van der Waals surface area (Å²) in [5.74, 6) is -0.856. The first-order valence-corrected chi connectivity index (χ1v) is 4.10. The van der Waals surface area contributed by atoms with Crippen molar-refractivity contribution >= 4 is 5.97 Å². The summed E-state index contributed by atoms with van der Waals surface area (Å²) < 4.78 is 1.68. The number of hydrogen-bond acceptors (Lipinski definition) is 2. The molecule has 1 N–H and O–H groups in total. The molecule has 0 aliphatic carbocycles. The maximum Gasteiger partial charge on any atom is 0.315 e. The van der Waals surface area contributed by atoms with E-state index in [1.807, 2.05) is 6.92 Å². The van der Waals surface area contributed by atoms with E-state index in [-0.39, 0.29) is 0 Å². The van der Waals surface area contributed by atoms with E-state index in [4.69, 9.17) is 5.11 Å². The number of aromatic nitrogens is 2. The summed E-state index contributed by atoms with van der Waals surface area (Å²) in [6.07, 6.45) is 0. The van der Waals surface area contributed by atoms with Gasteiger partial charge in [-0.05, 0) is 26.8 Å². The number of carbonyl (C=O) groups is 1. The van der Waals surface area contributed by atoms with E-state index in [1.165, 1.54) is 0 Å². The molecular weight excluding hydrogens is 168 g/mol. The number of nitrogens with zero attached hydrogens (tertiary/aromatic N) is 2. The summed E-state index contributed by atoms with van der Waals surface area (Å²) in [6, 6.07) is 1.80. The molecule has 0 atom stereocenters. The first-order chi connectivity index (χ1) is 5.85. The number of hydrogen-bond donors (Lipinski definition) is 1. The van der Waals surface area contributed by atoms with Crippen molar-refractivity contribution in [1.82, 2.24) is 9.78 Å². The van der Waals surface area contributed by atoms with E-state index < -0.39 is 11.4 Å². The predicted octanol–water partition coefficient (Wildman–Crippen LogP) is 1.09. The van der Waals surface area contributed by atoms with Gasteiger partial charge in [0, 0.05) is 12.7 Å². The molecule has 0 amide bonds. The normalized spacial score (nSPS) is 11.7. The third-order valence-corrected chi connectivity index (χ3v) is 2.29. The molecular formula is C9H14N2O2. The largest absolute Gasteiger partial charge is 0.481 e. The van der Waals surface area contributed by atoms with Gasteiger partial charge in [-0.3, -0.25) is 9.48 Å². The Balaban J connectivity index is 3.15. The standard InChI is InChI=1S/C9H14N2O2/c1-6-5-7(10-11(6)4)9(2,3)8(12)13/h5H,1-4H3,(H,12,13). The zero-order valence-electron chi connectivity index (χ0n) is 8.33. The minimum absolute atomic E-state index is 0.597. The van der Waals surface area contributed by atoms with Gasteiger partial charge in [-0.2, -0.15) is 5.10 Å². The van der Waals surface area contributed by atoms with Gasteiger partial charge in [0.25, 0.3) is 0 Å². The van der Waals surface area contributed by atoms with Crippen molar-refractivity contribution in [1.29, 1.82) is 0 Å². The van der Waals surface area contributed by atoms with E-state index in [1.54, 1.807) is 31.6 Å². The molecule has 1 aromatic heterocycles. The van der Waals surface area contributed by atoms with Crippen LogP contribution in [0.1, 0.15) is 25.2 Å². The number of aryl methyl sites for hydroxylation is 2. The van der Waals surface area contributed by atoms with Crippen LogP contribution in [0.15, 0.2) is 6.07 Å². The Morgan fingerprint density at radius 3 is 2.46 bits per heavy atom. The lowest BCUT2D eigenvalue weighted by Gasteiger charge is -2.15. The average Bonchev–Trinajstić information content (AvgIpc) is 2.32. The molecule has 0 saturated heterocycles. The summed E-state index contributed by atoms with van der Waals surface area (Å²) in [5.41, 5.74) is 0.649. The Morgan fingerprint density at radius 2 is 2.15 bits per heavy atom. The van der Waals surface area contributed by atoms with E-state index >= 15 is 0 Å². The van der Waals surface area contributed by atoms with E-state index in [2.05, 4.69) is 5.10 Å². The van der Waals surface area contributed by atoms with Gasteiger partial charge < -0.3 is 5.11 Å². The summed E-state index contributed by atoms with van der Waals surface area (Å²) in [4.78, 5) is 10.9. The van der Waals surface area contributed by atoms with Gasteiger partial charge >= 0.3 is 5.97 Å². The zero-order chi connectivity index (χ0) is 10.2. The molecule has 72 valence electrons. The number of aliphatic carboxylic acids is 1. The molecule has 1 rings (SSSR count). The minimum Gasteiger partial charge on any atom is -0.481 e. The van der Waals surface area contributed by atoms with Crippen LogP contribution in [-0.4, -0.2) is 20.9 Å². The van der Waals surface area contributed by atoms with Crippen molar-refractivity contribution in [2.75, 3.05) is 0 Å². The predicted molar refractivity (Wildman–Crippen MR) is 48.6 cm³/mol. The van der Waals surface area contributed by atoms with Gasteiger partial charge in [-0.1, -0.05) is 0 Å². The second kappa shape index (κ2) is 2.87. The molecule has 1 heterocycles. The van der Waals surface area contributed by atoms with Crippen LogP contribution in [0.4, 0.5) is 0 Å². The smallest absolute Gasteiger partial charge is 0.315 e. The van der Waals surface area contributed by atoms with Crippen molar-refractivity contribution in [2.45, 2.75) is 26.2 Å². The molecule has 0 fully saturated rings. The second-order valence-corrected chi connectivity index (χ2v) is 3.72. The quantitative estimate of drug-likeness (QED) is 0.744. The van der Waals surface area contributed by atoms with Crippen LogP contribution in [0.5, 0.6) is 0 Å². The highest BCUT2D eigenvalue weighted by Crippen LogP contribution is 2.22. The van der Waals surface area contributed by atoms with Crippen LogP contribution in [0.25, 0.3) is 0 Å². The summed E-state index contributed by atoms with van der Waals surface area (Å²) in [7, 11) is 1.80. The topological polar surface area (TPSA) is 55.1 Å². The highest BCUT2D eigenvalue weighted by Gasteiger charge is 2.32. The number of carboxylic acids is 1. The van der Waals surface area contributed by atoms with Gasteiger partial charge in [-0.25, -0.2) is 0 Å². The summed E-state index contributed by atoms with van der Waals surface area (Å²) >= 11 is 0. The lowest BCUT2D eigenvalue weighted by molar-refractivity contribution is -0.142. The Bertz CT molecular complexity index is 320. The van der Waals surface area contributed by atoms with Crippen LogP contribution in [0, 0.1) is 6.92 Å². The molecule has 0 unspecified atom stereocenters. The van der Waals surface area contributed by atoms with Crippen molar-refractivity contribution in [3.8, 4) is 0 Å². The van der Waals surface area contributed by atoms with Crippen LogP contribution < -0.4 is 0 Å².